The van der Waals surface area contributed by atoms with Crippen LogP contribution in [-0.2, 0) is 6.54 Å². The van der Waals surface area contributed by atoms with Crippen molar-refractivity contribution in [1.29, 1.82) is 5.26 Å². The maximum atomic E-state index is 9.06. The van der Waals surface area contributed by atoms with Crippen LogP contribution in [0.4, 0.5) is 0 Å². The molecule has 0 aliphatic carbocycles. The molecule has 0 radical (unpaired) electrons. The first kappa shape index (κ1) is 13.1. The maximum absolute atomic E-state index is 9.06. The molecule has 1 aliphatic rings. The monoisotopic (exact) mass is 247 g/mol. The highest BCUT2D eigenvalue weighted by Crippen LogP contribution is 2.13. The quantitative estimate of drug-likeness (QED) is 0.816. The van der Waals surface area contributed by atoms with Gasteiger partial charge in [0.05, 0.1) is 18.7 Å². The number of nitrogens with zero attached hydrogens (tertiary/aromatic N) is 3. The smallest absolute Gasteiger partial charge is 0.118 e. The van der Waals surface area contributed by atoms with Crippen LogP contribution in [0.1, 0.15) is 24.9 Å². The van der Waals surface area contributed by atoms with Gasteiger partial charge in [-0.1, -0.05) is 6.92 Å². The second-order valence-corrected chi connectivity index (χ2v) is 4.88. The number of rotatable bonds is 4. The van der Waals surface area contributed by atoms with E-state index in [1.807, 2.05) is 19.1 Å². The van der Waals surface area contributed by atoms with Crippen molar-refractivity contribution in [2.24, 2.45) is 0 Å². The highest BCUT2D eigenvalue weighted by Gasteiger charge is 2.22. The van der Waals surface area contributed by atoms with E-state index in [4.69, 9.17) is 9.68 Å². The third kappa shape index (κ3) is 3.12. The highest BCUT2D eigenvalue weighted by atomic mass is 16.3. The molecular formula is C14H21N3O. The summed E-state index contributed by atoms with van der Waals surface area (Å²) in [6.07, 6.45) is 0.911. The largest absolute Gasteiger partial charge is 0.465 e. The molecule has 1 aromatic heterocycles. The van der Waals surface area contributed by atoms with Gasteiger partial charge in [-0.25, -0.2) is 0 Å². The number of nitriles is 1. The summed E-state index contributed by atoms with van der Waals surface area (Å²) in [6.45, 7) is 8.91. The van der Waals surface area contributed by atoms with Crippen LogP contribution >= 0.6 is 0 Å². The second kappa shape index (κ2) is 6.03. The minimum atomic E-state index is 0.0815. The van der Waals surface area contributed by atoms with Crippen LogP contribution in [0.3, 0.4) is 0 Å². The van der Waals surface area contributed by atoms with Crippen LogP contribution in [0.15, 0.2) is 16.5 Å². The highest BCUT2D eigenvalue weighted by molar-refractivity contribution is 5.05. The van der Waals surface area contributed by atoms with E-state index < -0.39 is 0 Å². The van der Waals surface area contributed by atoms with E-state index in [0.29, 0.717) is 0 Å². The molecule has 1 fully saturated rings. The average Bonchev–Trinajstić information content (AvgIpc) is 2.78. The minimum absolute atomic E-state index is 0.0815. The summed E-state index contributed by atoms with van der Waals surface area (Å²) in [5.74, 6) is 2.01. The number of aryl methyl sites for hydroxylation is 1. The second-order valence-electron chi connectivity index (χ2n) is 4.88. The molecule has 1 aliphatic heterocycles. The summed E-state index contributed by atoms with van der Waals surface area (Å²) in [4.78, 5) is 4.67. The molecule has 0 aromatic carbocycles. The Labute approximate surface area is 109 Å². The van der Waals surface area contributed by atoms with Crippen molar-refractivity contribution < 1.29 is 4.42 Å². The first-order chi connectivity index (χ1) is 8.72. The summed E-state index contributed by atoms with van der Waals surface area (Å²) >= 11 is 0. The van der Waals surface area contributed by atoms with Gasteiger partial charge in [0.15, 0.2) is 0 Å². The van der Waals surface area contributed by atoms with Crippen LogP contribution < -0.4 is 0 Å². The normalized spacial score (nSPS) is 19.6. The maximum Gasteiger partial charge on any atom is 0.118 e. The first-order valence-electron chi connectivity index (χ1n) is 6.64. The molecule has 98 valence electrons. The Hall–Kier alpha value is -1.31. The number of hydrogen-bond donors (Lipinski definition) is 0. The predicted octanol–water partition coefficient (Wildman–Crippen LogP) is 2.01. The third-order valence-corrected chi connectivity index (χ3v) is 3.56. The third-order valence-electron chi connectivity index (χ3n) is 3.56. The van der Waals surface area contributed by atoms with E-state index in [2.05, 4.69) is 22.8 Å². The molecule has 0 saturated carbocycles. The lowest BCUT2D eigenvalue weighted by Gasteiger charge is -2.36. The average molecular weight is 247 g/mol. The summed E-state index contributed by atoms with van der Waals surface area (Å²) in [6, 6.07) is 6.52. The van der Waals surface area contributed by atoms with Gasteiger partial charge in [-0.3, -0.25) is 9.80 Å². The summed E-state index contributed by atoms with van der Waals surface area (Å²) in [5.41, 5.74) is 0. The van der Waals surface area contributed by atoms with Crippen LogP contribution in [0.25, 0.3) is 0 Å². The molecule has 4 nitrogen and oxygen atoms in total. The predicted molar refractivity (Wildman–Crippen MR) is 70.0 cm³/mol. The van der Waals surface area contributed by atoms with Crippen molar-refractivity contribution in [3.8, 4) is 6.07 Å². The molecule has 1 saturated heterocycles. The topological polar surface area (TPSA) is 43.4 Å². The van der Waals surface area contributed by atoms with E-state index in [1.165, 1.54) is 0 Å². The lowest BCUT2D eigenvalue weighted by molar-refractivity contribution is 0.103. The van der Waals surface area contributed by atoms with Crippen molar-refractivity contribution in [3.05, 3.63) is 23.7 Å². The standard InChI is InChI=1S/C14H21N3O/c1-3-13(10-15)17-8-6-16(7-9-17)11-14-5-4-12(2)18-14/h4-5,13H,3,6-9,11H2,1-2H3. The van der Waals surface area contributed by atoms with Gasteiger partial charge in [0, 0.05) is 26.2 Å². The number of furan rings is 1. The van der Waals surface area contributed by atoms with Gasteiger partial charge in [-0.05, 0) is 25.5 Å². The zero-order valence-corrected chi connectivity index (χ0v) is 11.2. The van der Waals surface area contributed by atoms with E-state index in [-0.39, 0.29) is 6.04 Å². The van der Waals surface area contributed by atoms with Crippen LogP contribution in [0.5, 0.6) is 0 Å². The van der Waals surface area contributed by atoms with Crippen LogP contribution in [0.2, 0.25) is 0 Å². The van der Waals surface area contributed by atoms with Crippen molar-refractivity contribution in [3.63, 3.8) is 0 Å². The summed E-state index contributed by atoms with van der Waals surface area (Å²) in [5, 5.41) is 9.06. The van der Waals surface area contributed by atoms with Gasteiger partial charge >= 0.3 is 0 Å². The lowest BCUT2D eigenvalue weighted by atomic mass is 10.2. The fourth-order valence-electron chi connectivity index (χ4n) is 2.45. The molecular weight excluding hydrogens is 226 g/mol. The van der Waals surface area contributed by atoms with Crippen molar-refractivity contribution in [2.45, 2.75) is 32.9 Å². The van der Waals surface area contributed by atoms with Crippen molar-refractivity contribution >= 4 is 0 Å². The van der Waals surface area contributed by atoms with Gasteiger partial charge in [-0.15, -0.1) is 0 Å². The fraction of sp³-hybridized carbons (Fsp3) is 0.643. The lowest BCUT2D eigenvalue weighted by Crippen LogP contribution is -2.49. The van der Waals surface area contributed by atoms with Crippen molar-refractivity contribution in [1.82, 2.24) is 9.80 Å². The minimum Gasteiger partial charge on any atom is -0.465 e. The fourth-order valence-corrected chi connectivity index (χ4v) is 2.45. The Morgan fingerprint density at radius 1 is 1.33 bits per heavy atom. The zero-order valence-electron chi connectivity index (χ0n) is 11.2. The summed E-state index contributed by atoms with van der Waals surface area (Å²) < 4.78 is 5.60. The molecule has 0 spiro atoms. The summed E-state index contributed by atoms with van der Waals surface area (Å²) in [7, 11) is 0. The molecule has 2 rings (SSSR count). The Morgan fingerprint density at radius 3 is 2.56 bits per heavy atom. The van der Waals surface area contributed by atoms with Gasteiger partial charge in [0.1, 0.15) is 11.5 Å². The van der Waals surface area contributed by atoms with E-state index in [9.17, 15) is 0 Å². The van der Waals surface area contributed by atoms with Gasteiger partial charge < -0.3 is 4.42 Å². The van der Waals surface area contributed by atoms with Crippen molar-refractivity contribution in [2.75, 3.05) is 26.2 Å². The molecule has 0 bridgehead atoms. The first-order valence-corrected chi connectivity index (χ1v) is 6.64. The number of piperazine rings is 1. The molecule has 1 unspecified atom stereocenters. The SMILES string of the molecule is CCC(C#N)N1CCN(Cc2ccc(C)o2)CC1. The molecule has 0 N–H and O–H groups in total. The molecule has 2 heterocycles. The van der Waals surface area contributed by atoms with Gasteiger partial charge in [-0.2, -0.15) is 5.26 Å². The van der Waals surface area contributed by atoms with Crippen LogP contribution in [0, 0.1) is 18.3 Å². The Balaban J connectivity index is 1.82. The number of hydrogen-bond acceptors (Lipinski definition) is 4. The van der Waals surface area contributed by atoms with Crippen LogP contribution in [-0.4, -0.2) is 42.0 Å². The van der Waals surface area contributed by atoms with Gasteiger partial charge in [0.2, 0.25) is 0 Å². The Bertz CT molecular complexity index is 413. The molecule has 18 heavy (non-hydrogen) atoms. The molecule has 1 atom stereocenters. The Morgan fingerprint density at radius 2 is 2.06 bits per heavy atom. The Kier molecular flexibility index (Phi) is 4.40. The molecule has 4 heteroatoms. The van der Waals surface area contributed by atoms with Gasteiger partial charge in [0.25, 0.3) is 0 Å². The van der Waals surface area contributed by atoms with E-state index >= 15 is 0 Å². The van der Waals surface area contributed by atoms with E-state index in [1.54, 1.807) is 0 Å². The van der Waals surface area contributed by atoms with E-state index in [0.717, 1.165) is 50.7 Å². The molecule has 0 amide bonds. The molecule has 1 aromatic rings. The zero-order chi connectivity index (χ0) is 13.0.